The van der Waals surface area contributed by atoms with Gasteiger partial charge in [-0.3, -0.25) is 4.79 Å². The number of carbonyl (C=O) groups is 2. The Morgan fingerprint density at radius 1 is 0.880 bits per heavy atom. The average molecular weight is 342 g/mol. The summed E-state index contributed by atoms with van der Waals surface area (Å²) in [5.41, 5.74) is 1.93. The van der Waals surface area contributed by atoms with Crippen LogP contribution < -0.4 is 15.4 Å². The Morgan fingerprint density at radius 2 is 1.52 bits per heavy atom. The van der Waals surface area contributed by atoms with Crippen LogP contribution in [0.2, 0.25) is 0 Å². The van der Waals surface area contributed by atoms with Gasteiger partial charge >= 0.3 is 5.97 Å². The SMILES string of the molecule is CCOC(=O)c1ccc(NCC(=O)Nc2ccc(OCC)cc2)cc1. The van der Waals surface area contributed by atoms with Crippen molar-refractivity contribution >= 4 is 23.3 Å². The number of carbonyl (C=O) groups excluding carboxylic acids is 2. The first-order valence-corrected chi connectivity index (χ1v) is 8.16. The van der Waals surface area contributed by atoms with Gasteiger partial charge in [-0.05, 0) is 62.4 Å². The molecule has 25 heavy (non-hydrogen) atoms. The molecule has 132 valence electrons. The maximum Gasteiger partial charge on any atom is 0.338 e. The normalized spacial score (nSPS) is 10.0. The van der Waals surface area contributed by atoms with Crippen molar-refractivity contribution < 1.29 is 19.1 Å². The van der Waals surface area contributed by atoms with E-state index in [0.717, 1.165) is 11.4 Å². The molecule has 2 N–H and O–H groups in total. The van der Waals surface area contributed by atoms with Crippen molar-refractivity contribution in [2.24, 2.45) is 0 Å². The lowest BCUT2D eigenvalue weighted by Gasteiger charge is -2.09. The Bertz CT molecular complexity index is 696. The summed E-state index contributed by atoms with van der Waals surface area (Å²) in [4.78, 5) is 23.6. The molecule has 0 saturated heterocycles. The van der Waals surface area contributed by atoms with E-state index >= 15 is 0 Å². The van der Waals surface area contributed by atoms with Crippen LogP contribution in [-0.2, 0) is 9.53 Å². The predicted molar refractivity (Wildman–Crippen MR) is 97.1 cm³/mol. The second-order valence-corrected chi connectivity index (χ2v) is 5.16. The standard InChI is InChI=1S/C19H22N2O4/c1-3-24-17-11-9-16(10-12-17)21-18(22)13-20-15-7-5-14(6-8-15)19(23)25-4-2/h5-12,20H,3-4,13H2,1-2H3,(H,21,22). The van der Waals surface area contributed by atoms with Gasteiger partial charge in [0, 0.05) is 11.4 Å². The van der Waals surface area contributed by atoms with Crippen molar-refractivity contribution in [2.45, 2.75) is 13.8 Å². The van der Waals surface area contributed by atoms with Crippen LogP contribution in [0.1, 0.15) is 24.2 Å². The lowest BCUT2D eigenvalue weighted by Crippen LogP contribution is -2.21. The Kier molecular flexibility index (Phi) is 6.83. The van der Waals surface area contributed by atoms with Crippen LogP contribution in [0.5, 0.6) is 5.75 Å². The molecular formula is C19H22N2O4. The van der Waals surface area contributed by atoms with Crippen molar-refractivity contribution in [1.82, 2.24) is 0 Å². The van der Waals surface area contributed by atoms with Crippen LogP contribution in [0.25, 0.3) is 0 Å². The first-order chi connectivity index (χ1) is 12.1. The van der Waals surface area contributed by atoms with Gasteiger partial charge in [-0.15, -0.1) is 0 Å². The first kappa shape index (κ1) is 18.3. The number of hydrogen-bond donors (Lipinski definition) is 2. The molecule has 0 fully saturated rings. The number of anilines is 2. The van der Waals surface area contributed by atoms with Gasteiger partial charge < -0.3 is 20.1 Å². The predicted octanol–water partition coefficient (Wildman–Crippen LogP) is 3.31. The minimum Gasteiger partial charge on any atom is -0.494 e. The molecule has 0 aliphatic carbocycles. The average Bonchev–Trinajstić information content (AvgIpc) is 2.62. The third-order valence-electron chi connectivity index (χ3n) is 3.30. The van der Waals surface area contributed by atoms with E-state index in [1.54, 1.807) is 55.5 Å². The monoisotopic (exact) mass is 342 g/mol. The molecule has 0 aliphatic rings. The summed E-state index contributed by atoms with van der Waals surface area (Å²) in [6.45, 7) is 4.73. The molecule has 0 atom stereocenters. The Labute approximate surface area is 147 Å². The lowest BCUT2D eigenvalue weighted by molar-refractivity contribution is -0.114. The molecule has 2 aromatic carbocycles. The molecule has 6 heteroatoms. The van der Waals surface area contributed by atoms with E-state index in [4.69, 9.17) is 9.47 Å². The van der Waals surface area contributed by atoms with Crippen LogP contribution in [0.15, 0.2) is 48.5 Å². The van der Waals surface area contributed by atoms with Crippen molar-refractivity contribution in [1.29, 1.82) is 0 Å². The van der Waals surface area contributed by atoms with Crippen LogP contribution in [0.4, 0.5) is 11.4 Å². The van der Waals surface area contributed by atoms with E-state index < -0.39 is 0 Å². The largest absolute Gasteiger partial charge is 0.494 e. The molecule has 2 aromatic rings. The summed E-state index contributed by atoms with van der Waals surface area (Å²) in [6, 6.07) is 14.0. The van der Waals surface area contributed by atoms with Crippen molar-refractivity contribution in [2.75, 3.05) is 30.4 Å². The van der Waals surface area contributed by atoms with Gasteiger partial charge in [-0.1, -0.05) is 0 Å². The van der Waals surface area contributed by atoms with Gasteiger partial charge in [-0.25, -0.2) is 4.79 Å². The third kappa shape index (κ3) is 5.84. The number of hydrogen-bond acceptors (Lipinski definition) is 5. The van der Waals surface area contributed by atoms with Gasteiger partial charge in [-0.2, -0.15) is 0 Å². The third-order valence-corrected chi connectivity index (χ3v) is 3.30. The number of nitrogens with one attached hydrogen (secondary N) is 2. The summed E-state index contributed by atoms with van der Waals surface area (Å²) in [5, 5.41) is 5.80. The molecule has 0 bridgehead atoms. The fraction of sp³-hybridized carbons (Fsp3) is 0.263. The quantitative estimate of drug-likeness (QED) is 0.720. The highest BCUT2D eigenvalue weighted by molar-refractivity contribution is 5.94. The zero-order valence-corrected chi connectivity index (χ0v) is 14.4. The number of rotatable bonds is 8. The number of ether oxygens (including phenoxy) is 2. The van der Waals surface area contributed by atoms with Gasteiger partial charge in [0.05, 0.1) is 25.3 Å². The highest BCUT2D eigenvalue weighted by Gasteiger charge is 2.06. The number of benzene rings is 2. The molecule has 0 radical (unpaired) electrons. The van der Waals surface area contributed by atoms with Crippen LogP contribution in [-0.4, -0.2) is 31.6 Å². The van der Waals surface area contributed by atoms with Crippen LogP contribution in [0, 0.1) is 0 Å². The fourth-order valence-corrected chi connectivity index (χ4v) is 2.13. The summed E-state index contributed by atoms with van der Waals surface area (Å²) >= 11 is 0. The minimum atomic E-state index is -0.359. The summed E-state index contributed by atoms with van der Waals surface area (Å²) in [6.07, 6.45) is 0. The summed E-state index contributed by atoms with van der Waals surface area (Å²) in [5.74, 6) is 0.237. The fourth-order valence-electron chi connectivity index (χ4n) is 2.13. The van der Waals surface area contributed by atoms with Gasteiger partial charge in [0.1, 0.15) is 5.75 Å². The topological polar surface area (TPSA) is 76.7 Å². The zero-order chi connectivity index (χ0) is 18.1. The molecule has 0 heterocycles. The van der Waals surface area contributed by atoms with Crippen molar-refractivity contribution in [3.63, 3.8) is 0 Å². The van der Waals surface area contributed by atoms with E-state index in [-0.39, 0.29) is 18.4 Å². The summed E-state index contributed by atoms with van der Waals surface area (Å²) < 4.78 is 10.3. The molecule has 1 amide bonds. The van der Waals surface area contributed by atoms with E-state index in [1.165, 1.54) is 0 Å². The smallest absolute Gasteiger partial charge is 0.338 e. The Morgan fingerprint density at radius 3 is 2.12 bits per heavy atom. The number of esters is 1. The first-order valence-electron chi connectivity index (χ1n) is 8.16. The van der Waals surface area contributed by atoms with Crippen molar-refractivity contribution in [3.8, 4) is 5.75 Å². The molecule has 6 nitrogen and oxygen atoms in total. The van der Waals surface area contributed by atoms with Crippen LogP contribution in [0.3, 0.4) is 0 Å². The zero-order valence-electron chi connectivity index (χ0n) is 14.4. The highest BCUT2D eigenvalue weighted by atomic mass is 16.5. The molecule has 0 aromatic heterocycles. The molecule has 0 aliphatic heterocycles. The van der Waals surface area contributed by atoms with E-state index in [1.807, 2.05) is 6.92 Å². The van der Waals surface area contributed by atoms with E-state index in [0.29, 0.717) is 24.5 Å². The van der Waals surface area contributed by atoms with Gasteiger partial charge in [0.25, 0.3) is 0 Å². The molecule has 0 spiro atoms. The van der Waals surface area contributed by atoms with Gasteiger partial charge in [0.15, 0.2) is 0 Å². The second-order valence-electron chi connectivity index (χ2n) is 5.16. The molecule has 0 saturated carbocycles. The molecule has 0 unspecified atom stereocenters. The number of amides is 1. The Hall–Kier alpha value is -3.02. The van der Waals surface area contributed by atoms with Gasteiger partial charge in [0.2, 0.25) is 5.91 Å². The highest BCUT2D eigenvalue weighted by Crippen LogP contribution is 2.15. The van der Waals surface area contributed by atoms with Crippen LogP contribution >= 0.6 is 0 Å². The molecule has 2 rings (SSSR count). The van der Waals surface area contributed by atoms with Crippen molar-refractivity contribution in [3.05, 3.63) is 54.1 Å². The van der Waals surface area contributed by atoms with E-state index in [2.05, 4.69) is 10.6 Å². The van der Waals surface area contributed by atoms with E-state index in [9.17, 15) is 9.59 Å². The second kappa shape index (κ2) is 9.32. The summed E-state index contributed by atoms with van der Waals surface area (Å²) in [7, 11) is 0. The minimum absolute atomic E-state index is 0.117. The maximum atomic E-state index is 12.0. The lowest BCUT2D eigenvalue weighted by atomic mass is 10.2. The maximum absolute atomic E-state index is 12.0. The molecular weight excluding hydrogens is 320 g/mol. The Balaban J connectivity index is 1.82.